The average molecular weight is 359 g/mol. The summed E-state index contributed by atoms with van der Waals surface area (Å²) in [5.74, 6) is -0.523. The number of benzene rings is 2. The van der Waals surface area contributed by atoms with Crippen LogP contribution in [0.1, 0.15) is 16.9 Å². The number of H-pyrrole nitrogens is 1. The molecule has 1 saturated heterocycles. The van der Waals surface area contributed by atoms with E-state index in [-0.39, 0.29) is 17.8 Å². The summed E-state index contributed by atoms with van der Waals surface area (Å²) in [6.45, 7) is 1.07. The first-order valence-corrected chi connectivity index (χ1v) is 8.45. The van der Waals surface area contributed by atoms with Gasteiger partial charge in [-0.05, 0) is 42.8 Å². The fraction of sp³-hybridized carbons (Fsp3) is 0.211. The zero-order valence-corrected chi connectivity index (χ0v) is 14.1. The Morgan fingerprint density at radius 2 is 2.04 bits per heavy atom. The molecule has 0 radical (unpaired) electrons. The van der Waals surface area contributed by atoms with Gasteiger partial charge in [-0.15, -0.1) is 0 Å². The van der Waals surface area contributed by atoms with Crippen molar-refractivity contribution in [1.82, 2.24) is 4.98 Å². The molecule has 128 valence electrons. The maximum Gasteiger partial charge on any atom is 0.275 e. The van der Waals surface area contributed by atoms with Crippen LogP contribution in [0.25, 0.3) is 10.9 Å². The lowest BCUT2D eigenvalue weighted by atomic mass is 10.1. The number of nitrogens with zero attached hydrogens (tertiary/aromatic N) is 1. The molecule has 2 heterocycles. The molecular weight excluding hydrogens is 343 g/mol. The maximum atomic E-state index is 13.3. The number of aromatic amines is 1. The molecule has 0 saturated carbocycles. The van der Waals surface area contributed by atoms with Crippen LogP contribution in [0.3, 0.4) is 0 Å². The van der Waals surface area contributed by atoms with E-state index in [2.05, 4.69) is 4.98 Å². The minimum atomic E-state index is -0.337. The van der Waals surface area contributed by atoms with Gasteiger partial charge >= 0.3 is 0 Å². The third kappa shape index (κ3) is 3.01. The molecule has 4 nitrogen and oxygen atoms in total. The quantitative estimate of drug-likeness (QED) is 0.754. The number of aromatic nitrogens is 1. The lowest BCUT2D eigenvalue weighted by molar-refractivity contribution is 0.0967. The molecule has 4 rings (SSSR count). The van der Waals surface area contributed by atoms with Crippen LogP contribution in [-0.4, -0.2) is 30.1 Å². The highest BCUT2D eigenvalue weighted by Crippen LogP contribution is 2.28. The summed E-state index contributed by atoms with van der Waals surface area (Å²) < 4.78 is 18.7. The number of carbonyl (C=O) groups excluding carboxylic acids is 1. The highest BCUT2D eigenvalue weighted by molar-refractivity contribution is 6.35. The van der Waals surface area contributed by atoms with Crippen molar-refractivity contribution in [2.24, 2.45) is 0 Å². The van der Waals surface area contributed by atoms with E-state index < -0.39 is 0 Å². The second-order valence-electron chi connectivity index (χ2n) is 6.06. The third-order valence-corrected chi connectivity index (χ3v) is 4.75. The summed E-state index contributed by atoms with van der Waals surface area (Å²) in [6.07, 6.45) is 0.740. The standard InChI is InChI=1S/C19H16ClFN2O2/c20-16-3-1-2-12-10-17(22-18(12)16)19(24)23(15-8-9-25-11-15)14-6-4-13(21)5-7-14/h1-7,10,15,22H,8-9,11H2. The number of hydrogen-bond acceptors (Lipinski definition) is 2. The number of ether oxygens (including phenoxy) is 1. The van der Waals surface area contributed by atoms with Gasteiger partial charge < -0.3 is 14.6 Å². The van der Waals surface area contributed by atoms with Gasteiger partial charge in [-0.25, -0.2) is 4.39 Å². The number of rotatable bonds is 3. The number of anilines is 1. The highest BCUT2D eigenvalue weighted by atomic mass is 35.5. The van der Waals surface area contributed by atoms with E-state index in [9.17, 15) is 9.18 Å². The van der Waals surface area contributed by atoms with Crippen LogP contribution in [-0.2, 0) is 4.74 Å². The molecule has 1 atom stereocenters. The van der Waals surface area contributed by atoms with Crippen LogP contribution in [0, 0.1) is 5.82 Å². The zero-order valence-electron chi connectivity index (χ0n) is 13.3. The Hall–Kier alpha value is -2.37. The van der Waals surface area contributed by atoms with Crippen molar-refractivity contribution < 1.29 is 13.9 Å². The molecule has 0 aliphatic carbocycles. The molecule has 1 amide bonds. The minimum Gasteiger partial charge on any atom is -0.379 e. The van der Waals surface area contributed by atoms with Crippen molar-refractivity contribution in [1.29, 1.82) is 0 Å². The summed E-state index contributed by atoms with van der Waals surface area (Å²) in [7, 11) is 0. The first kappa shape index (κ1) is 16.1. The van der Waals surface area contributed by atoms with Crippen molar-refractivity contribution in [3.8, 4) is 0 Å². The van der Waals surface area contributed by atoms with Crippen LogP contribution in [0.15, 0.2) is 48.5 Å². The van der Waals surface area contributed by atoms with E-state index in [1.807, 2.05) is 12.1 Å². The number of carbonyl (C=O) groups is 1. The first-order chi connectivity index (χ1) is 12.1. The van der Waals surface area contributed by atoms with Gasteiger partial charge in [0, 0.05) is 17.7 Å². The van der Waals surface area contributed by atoms with Gasteiger partial charge in [0.2, 0.25) is 0 Å². The van der Waals surface area contributed by atoms with Gasteiger partial charge in [0.1, 0.15) is 11.5 Å². The SMILES string of the molecule is O=C(c1cc2cccc(Cl)c2[nH]1)N(c1ccc(F)cc1)C1CCOC1. The molecular formula is C19H16ClFN2O2. The van der Waals surface area contributed by atoms with Crippen LogP contribution < -0.4 is 4.90 Å². The van der Waals surface area contributed by atoms with Gasteiger partial charge in [-0.2, -0.15) is 0 Å². The molecule has 25 heavy (non-hydrogen) atoms. The van der Waals surface area contributed by atoms with E-state index >= 15 is 0 Å². The Bertz CT molecular complexity index is 917. The van der Waals surface area contributed by atoms with Crippen LogP contribution in [0.4, 0.5) is 10.1 Å². The molecule has 0 bridgehead atoms. The van der Waals surface area contributed by atoms with Crippen LogP contribution in [0.5, 0.6) is 0 Å². The van der Waals surface area contributed by atoms with E-state index in [0.29, 0.717) is 29.6 Å². The van der Waals surface area contributed by atoms with Gasteiger partial charge in [-0.1, -0.05) is 23.7 Å². The summed E-state index contributed by atoms with van der Waals surface area (Å²) >= 11 is 6.20. The molecule has 1 unspecified atom stereocenters. The summed E-state index contributed by atoms with van der Waals surface area (Å²) in [5.41, 5.74) is 1.82. The monoisotopic (exact) mass is 358 g/mol. The maximum absolute atomic E-state index is 13.3. The number of para-hydroxylation sites is 1. The summed E-state index contributed by atoms with van der Waals surface area (Å²) in [4.78, 5) is 18.0. The van der Waals surface area contributed by atoms with E-state index in [4.69, 9.17) is 16.3 Å². The largest absolute Gasteiger partial charge is 0.379 e. The Kier molecular flexibility index (Phi) is 4.19. The normalized spacial score (nSPS) is 17.1. The molecule has 2 aromatic carbocycles. The number of halogens is 2. The summed E-state index contributed by atoms with van der Waals surface area (Å²) in [6, 6.07) is 13.2. The zero-order chi connectivity index (χ0) is 17.4. The van der Waals surface area contributed by atoms with Crippen molar-refractivity contribution in [3.63, 3.8) is 0 Å². The molecule has 6 heteroatoms. The predicted octanol–water partition coefficient (Wildman–Crippen LogP) is 4.40. The molecule has 3 aromatic rings. The Morgan fingerprint density at radius 3 is 2.72 bits per heavy atom. The molecule has 1 aliphatic heterocycles. The predicted molar refractivity (Wildman–Crippen MR) is 95.7 cm³/mol. The fourth-order valence-electron chi connectivity index (χ4n) is 3.19. The third-order valence-electron chi connectivity index (χ3n) is 4.43. The lowest BCUT2D eigenvalue weighted by Gasteiger charge is -2.27. The van der Waals surface area contributed by atoms with Gasteiger partial charge in [-0.3, -0.25) is 4.79 Å². The Labute approximate surface area is 149 Å². The van der Waals surface area contributed by atoms with E-state index in [1.54, 1.807) is 29.2 Å². The molecule has 1 aliphatic rings. The minimum absolute atomic E-state index is 0.0835. The first-order valence-electron chi connectivity index (χ1n) is 8.07. The Balaban J connectivity index is 1.75. The number of hydrogen-bond donors (Lipinski definition) is 1. The smallest absolute Gasteiger partial charge is 0.275 e. The van der Waals surface area contributed by atoms with Crippen molar-refractivity contribution in [2.45, 2.75) is 12.5 Å². The average Bonchev–Trinajstić information content (AvgIpc) is 3.27. The van der Waals surface area contributed by atoms with E-state index in [1.165, 1.54) is 12.1 Å². The molecule has 1 N–H and O–H groups in total. The van der Waals surface area contributed by atoms with Crippen molar-refractivity contribution in [3.05, 3.63) is 65.1 Å². The van der Waals surface area contributed by atoms with Gasteiger partial charge in [0.15, 0.2) is 0 Å². The Morgan fingerprint density at radius 1 is 1.24 bits per heavy atom. The highest BCUT2D eigenvalue weighted by Gasteiger charge is 2.30. The molecule has 1 aromatic heterocycles. The van der Waals surface area contributed by atoms with E-state index in [0.717, 1.165) is 17.3 Å². The van der Waals surface area contributed by atoms with Crippen molar-refractivity contribution in [2.75, 3.05) is 18.1 Å². The number of nitrogens with one attached hydrogen (secondary N) is 1. The fourth-order valence-corrected chi connectivity index (χ4v) is 3.41. The van der Waals surface area contributed by atoms with Crippen LogP contribution >= 0.6 is 11.6 Å². The lowest BCUT2D eigenvalue weighted by Crippen LogP contribution is -2.41. The van der Waals surface area contributed by atoms with Crippen molar-refractivity contribution >= 4 is 34.1 Å². The molecule has 1 fully saturated rings. The number of fused-ring (bicyclic) bond motifs is 1. The number of amides is 1. The van der Waals surface area contributed by atoms with Crippen LogP contribution in [0.2, 0.25) is 5.02 Å². The second-order valence-corrected chi connectivity index (χ2v) is 6.46. The molecule has 0 spiro atoms. The topological polar surface area (TPSA) is 45.3 Å². The van der Waals surface area contributed by atoms with Gasteiger partial charge in [0.05, 0.1) is 23.2 Å². The summed E-state index contributed by atoms with van der Waals surface area (Å²) in [5, 5.41) is 1.44. The second kappa shape index (κ2) is 6.50. The van der Waals surface area contributed by atoms with Gasteiger partial charge in [0.25, 0.3) is 5.91 Å².